The molecule has 2 aromatic carbocycles. The highest BCUT2D eigenvalue weighted by molar-refractivity contribution is 6.35. The van der Waals surface area contributed by atoms with Gasteiger partial charge < -0.3 is 9.15 Å². The van der Waals surface area contributed by atoms with E-state index in [0.717, 1.165) is 5.56 Å². The lowest BCUT2D eigenvalue weighted by atomic mass is 9.87. The zero-order valence-electron chi connectivity index (χ0n) is 16.8. The third kappa shape index (κ3) is 3.92. The molecule has 0 spiro atoms. The van der Waals surface area contributed by atoms with E-state index in [4.69, 9.17) is 20.8 Å². The first-order chi connectivity index (χ1) is 13.6. The van der Waals surface area contributed by atoms with Gasteiger partial charge in [-0.15, -0.1) is 0 Å². The number of benzene rings is 2. The molecule has 4 rings (SSSR count). The van der Waals surface area contributed by atoms with Gasteiger partial charge in [0.05, 0.1) is 10.9 Å². The SMILES string of the molecule is Cc1nc2cc(C(=O)[C@H]3C[C@@H]3C(=O)Oc3ccc(C(C)(C)C)cc3)cc(Cl)c2o1. The van der Waals surface area contributed by atoms with Gasteiger partial charge in [0.15, 0.2) is 17.3 Å². The van der Waals surface area contributed by atoms with E-state index in [1.54, 1.807) is 31.2 Å². The van der Waals surface area contributed by atoms with Crippen molar-refractivity contribution in [3.8, 4) is 5.75 Å². The summed E-state index contributed by atoms with van der Waals surface area (Å²) >= 11 is 6.22. The maximum Gasteiger partial charge on any atom is 0.315 e. The van der Waals surface area contributed by atoms with Crippen LogP contribution in [0.15, 0.2) is 40.8 Å². The molecule has 0 radical (unpaired) electrons. The molecule has 0 N–H and O–H groups in total. The second-order valence-corrected chi connectivity index (χ2v) is 8.95. The summed E-state index contributed by atoms with van der Waals surface area (Å²) in [5.74, 6) is -0.354. The molecule has 2 atom stereocenters. The molecule has 0 unspecified atom stereocenters. The summed E-state index contributed by atoms with van der Waals surface area (Å²) in [6.45, 7) is 8.09. The Morgan fingerprint density at radius 2 is 1.83 bits per heavy atom. The van der Waals surface area contributed by atoms with Crippen LogP contribution in [0.1, 0.15) is 49.0 Å². The van der Waals surface area contributed by atoms with Crippen molar-refractivity contribution in [2.24, 2.45) is 11.8 Å². The van der Waals surface area contributed by atoms with Gasteiger partial charge in [0.25, 0.3) is 0 Å². The average molecular weight is 412 g/mol. The second kappa shape index (κ2) is 6.99. The van der Waals surface area contributed by atoms with Crippen LogP contribution in [0.25, 0.3) is 11.1 Å². The highest BCUT2D eigenvalue weighted by Crippen LogP contribution is 2.43. The Morgan fingerprint density at radius 1 is 1.14 bits per heavy atom. The highest BCUT2D eigenvalue weighted by atomic mass is 35.5. The molecule has 0 saturated heterocycles. The Bertz CT molecular complexity index is 1110. The van der Waals surface area contributed by atoms with Gasteiger partial charge in [0, 0.05) is 18.4 Å². The van der Waals surface area contributed by atoms with Gasteiger partial charge in [-0.05, 0) is 41.7 Å². The van der Waals surface area contributed by atoms with Gasteiger partial charge >= 0.3 is 5.97 Å². The molecule has 1 aliphatic carbocycles. The van der Waals surface area contributed by atoms with Gasteiger partial charge in [-0.3, -0.25) is 9.59 Å². The molecular formula is C23H22ClNO4. The van der Waals surface area contributed by atoms with Crippen LogP contribution in [0.2, 0.25) is 5.02 Å². The van der Waals surface area contributed by atoms with Crippen molar-refractivity contribution in [3.05, 3.63) is 58.4 Å². The highest BCUT2D eigenvalue weighted by Gasteiger charge is 2.49. The zero-order chi connectivity index (χ0) is 20.9. The smallest absolute Gasteiger partial charge is 0.315 e. The largest absolute Gasteiger partial charge is 0.439 e. The van der Waals surface area contributed by atoms with Crippen LogP contribution in [-0.4, -0.2) is 16.7 Å². The number of oxazole rings is 1. The molecule has 3 aromatic rings. The fourth-order valence-corrected chi connectivity index (χ4v) is 3.67. The molecule has 5 nitrogen and oxygen atoms in total. The monoisotopic (exact) mass is 411 g/mol. The van der Waals surface area contributed by atoms with E-state index >= 15 is 0 Å². The number of carbonyl (C=O) groups excluding carboxylic acids is 2. The third-order valence-corrected chi connectivity index (χ3v) is 5.49. The summed E-state index contributed by atoms with van der Waals surface area (Å²) in [5.41, 5.74) is 2.63. The molecule has 0 bridgehead atoms. The summed E-state index contributed by atoms with van der Waals surface area (Å²) in [5, 5.41) is 0.338. The topological polar surface area (TPSA) is 69.4 Å². The van der Waals surface area contributed by atoms with E-state index in [1.807, 2.05) is 12.1 Å². The Kier molecular flexibility index (Phi) is 4.74. The first-order valence-electron chi connectivity index (χ1n) is 9.56. The number of carbonyl (C=O) groups is 2. The van der Waals surface area contributed by atoms with Gasteiger partial charge in [-0.1, -0.05) is 44.5 Å². The number of nitrogens with zero attached hydrogens (tertiary/aromatic N) is 1. The number of ether oxygens (including phenoxy) is 1. The molecule has 6 heteroatoms. The summed E-state index contributed by atoms with van der Waals surface area (Å²) in [4.78, 5) is 29.5. The zero-order valence-corrected chi connectivity index (χ0v) is 17.5. The lowest BCUT2D eigenvalue weighted by Crippen LogP contribution is -2.15. The molecular weight excluding hydrogens is 390 g/mol. The molecule has 0 amide bonds. The maximum atomic E-state index is 12.8. The number of hydrogen-bond donors (Lipinski definition) is 0. The molecule has 1 fully saturated rings. The Hall–Kier alpha value is -2.66. The third-order valence-electron chi connectivity index (χ3n) is 5.20. The van der Waals surface area contributed by atoms with Crippen molar-refractivity contribution < 1.29 is 18.7 Å². The van der Waals surface area contributed by atoms with E-state index in [0.29, 0.717) is 39.7 Å². The minimum atomic E-state index is -0.432. The van der Waals surface area contributed by atoms with Crippen LogP contribution >= 0.6 is 11.6 Å². The van der Waals surface area contributed by atoms with Gasteiger partial charge in [-0.2, -0.15) is 0 Å². The van der Waals surface area contributed by atoms with E-state index in [1.165, 1.54) is 0 Å². The Labute approximate surface area is 174 Å². The number of aryl methyl sites for hydroxylation is 1. The van der Waals surface area contributed by atoms with Crippen molar-refractivity contribution >= 4 is 34.5 Å². The van der Waals surface area contributed by atoms with Crippen LogP contribution in [0.4, 0.5) is 0 Å². The van der Waals surface area contributed by atoms with Crippen molar-refractivity contribution in [1.82, 2.24) is 4.98 Å². The molecule has 1 saturated carbocycles. The number of halogens is 1. The number of esters is 1. The minimum Gasteiger partial charge on any atom is -0.439 e. The lowest BCUT2D eigenvalue weighted by molar-refractivity contribution is -0.136. The minimum absolute atomic E-state index is 0.0291. The molecule has 1 heterocycles. The van der Waals surface area contributed by atoms with Crippen LogP contribution in [-0.2, 0) is 10.2 Å². The number of Topliss-reactive ketones (excluding diaryl/α,β-unsaturated/α-hetero) is 1. The van der Waals surface area contributed by atoms with E-state index in [-0.39, 0.29) is 17.2 Å². The summed E-state index contributed by atoms with van der Waals surface area (Å²) in [6.07, 6.45) is 0.477. The quantitative estimate of drug-likeness (QED) is 0.321. The van der Waals surface area contributed by atoms with Crippen LogP contribution < -0.4 is 4.74 Å². The normalized spacial score (nSPS) is 18.7. The first-order valence-corrected chi connectivity index (χ1v) is 9.94. The van der Waals surface area contributed by atoms with Crippen molar-refractivity contribution in [1.29, 1.82) is 0 Å². The molecule has 29 heavy (non-hydrogen) atoms. The first kappa shape index (κ1) is 19.6. The van der Waals surface area contributed by atoms with Gasteiger partial charge in [0.2, 0.25) is 0 Å². The lowest BCUT2D eigenvalue weighted by Gasteiger charge is -2.19. The number of hydrogen-bond acceptors (Lipinski definition) is 5. The van der Waals surface area contributed by atoms with Crippen LogP contribution in [0.5, 0.6) is 5.75 Å². The predicted octanol–water partition coefficient (Wildman–Crippen LogP) is 5.51. The average Bonchev–Trinajstić information content (AvgIpc) is 3.36. The van der Waals surface area contributed by atoms with E-state index in [2.05, 4.69) is 25.8 Å². The van der Waals surface area contributed by atoms with Crippen LogP contribution in [0, 0.1) is 18.8 Å². The van der Waals surface area contributed by atoms with Crippen LogP contribution in [0.3, 0.4) is 0 Å². The van der Waals surface area contributed by atoms with Crippen molar-refractivity contribution in [3.63, 3.8) is 0 Å². The number of fused-ring (bicyclic) bond motifs is 1. The summed E-state index contributed by atoms with van der Waals surface area (Å²) in [7, 11) is 0. The fraction of sp³-hybridized carbons (Fsp3) is 0.348. The number of ketones is 1. The van der Waals surface area contributed by atoms with Gasteiger partial charge in [-0.25, -0.2) is 4.98 Å². The fourth-order valence-electron chi connectivity index (χ4n) is 3.42. The van der Waals surface area contributed by atoms with Gasteiger partial charge in [0.1, 0.15) is 11.3 Å². The number of rotatable bonds is 4. The Morgan fingerprint density at radius 3 is 2.48 bits per heavy atom. The van der Waals surface area contributed by atoms with Crippen molar-refractivity contribution in [2.45, 2.75) is 39.5 Å². The van der Waals surface area contributed by atoms with E-state index in [9.17, 15) is 9.59 Å². The van der Waals surface area contributed by atoms with E-state index < -0.39 is 11.8 Å². The molecule has 0 aliphatic heterocycles. The molecule has 1 aliphatic rings. The maximum absolute atomic E-state index is 12.8. The van der Waals surface area contributed by atoms with Crippen molar-refractivity contribution in [2.75, 3.05) is 0 Å². The standard InChI is InChI=1S/C23H22ClNO4/c1-12-25-19-10-13(9-18(24)21(19)28-12)20(26)16-11-17(16)22(27)29-15-7-5-14(6-8-15)23(2,3)4/h5-10,16-17H,11H2,1-4H3/t16-,17-/m0/s1. The molecule has 1 aromatic heterocycles. The number of aromatic nitrogens is 1. The molecule has 150 valence electrons. The Balaban J connectivity index is 1.44. The summed E-state index contributed by atoms with van der Waals surface area (Å²) in [6, 6.07) is 10.7. The predicted molar refractivity (Wildman–Crippen MR) is 110 cm³/mol. The summed E-state index contributed by atoms with van der Waals surface area (Å²) < 4.78 is 10.9. The second-order valence-electron chi connectivity index (χ2n) is 8.55.